The lowest BCUT2D eigenvalue weighted by atomic mass is 10.0. The molecule has 0 unspecified atom stereocenters. The van der Waals surface area contributed by atoms with Crippen molar-refractivity contribution in [2.24, 2.45) is 5.73 Å². The molecule has 0 aliphatic heterocycles. The highest BCUT2D eigenvalue weighted by molar-refractivity contribution is 6.08. The van der Waals surface area contributed by atoms with Crippen LogP contribution in [-0.2, 0) is 0 Å². The summed E-state index contributed by atoms with van der Waals surface area (Å²) >= 11 is 0. The van der Waals surface area contributed by atoms with Crippen LogP contribution in [0.2, 0.25) is 0 Å². The van der Waals surface area contributed by atoms with Crippen molar-refractivity contribution in [2.75, 3.05) is 10.6 Å². The smallest absolute Gasteiger partial charge is 0.323 e. The lowest BCUT2D eigenvalue weighted by Gasteiger charge is -2.09. The molecule has 0 bridgehead atoms. The molecule has 0 aliphatic carbocycles. The van der Waals surface area contributed by atoms with Gasteiger partial charge in [-0.25, -0.2) is 14.2 Å². The Kier molecular flexibility index (Phi) is 4.66. The second kappa shape index (κ2) is 7.43. The predicted octanol–water partition coefficient (Wildman–Crippen LogP) is 4.11. The number of nitrogens with zero attached hydrogens (tertiary/aromatic N) is 1. The number of amides is 3. The first-order valence-corrected chi connectivity index (χ1v) is 8.72. The number of fused-ring (bicyclic) bond motifs is 1. The Hall–Kier alpha value is -4.20. The summed E-state index contributed by atoms with van der Waals surface area (Å²) in [7, 11) is 0. The number of hydrogen-bond acceptors (Lipinski definition) is 3. The van der Waals surface area contributed by atoms with E-state index in [4.69, 9.17) is 5.73 Å². The summed E-state index contributed by atoms with van der Waals surface area (Å²) in [6.45, 7) is 0. The summed E-state index contributed by atoms with van der Waals surface area (Å²) in [5.74, 6) is -1.03. The molecule has 0 saturated heterocycles. The van der Waals surface area contributed by atoms with Crippen molar-refractivity contribution in [3.8, 4) is 11.1 Å². The van der Waals surface area contributed by atoms with Crippen LogP contribution < -0.4 is 16.4 Å². The number of anilines is 2. The standard InChI is InChI=1S/C21H16FN5O2/c22-13-3-1-4-15(11-13)26-21(29)25-14-8-6-12(7-9-14)17-16-5-2-10-24-20(16)27-18(17)19(23)28/h1-11H,(H2,23,28)(H,24,27)(H2,25,26,29). The molecule has 5 N–H and O–H groups in total. The number of pyridine rings is 1. The van der Waals surface area contributed by atoms with E-state index in [1.54, 1.807) is 42.6 Å². The molecule has 0 aliphatic rings. The van der Waals surface area contributed by atoms with E-state index in [0.29, 0.717) is 22.6 Å². The number of benzene rings is 2. The first-order valence-electron chi connectivity index (χ1n) is 8.72. The second-order valence-electron chi connectivity index (χ2n) is 6.31. The molecule has 0 atom stereocenters. The number of H-pyrrole nitrogens is 1. The van der Waals surface area contributed by atoms with Gasteiger partial charge in [-0.3, -0.25) is 4.79 Å². The fraction of sp³-hybridized carbons (Fsp3) is 0. The highest BCUT2D eigenvalue weighted by atomic mass is 19.1. The fourth-order valence-corrected chi connectivity index (χ4v) is 3.09. The number of nitrogens with one attached hydrogen (secondary N) is 3. The maximum Gasteiger partial charge on any atom is 0.323 e. The van der Waals surface area contributed by atoms with Gasteiger partial charge in [0.05, 0.1) is 0 Å². The molecular formula is C21H16FN5O2. The van der Waals surface area contributed by atoms with Crippen molar-refractivity contribution in [1.82, 2.24) is 9.97 Å². The number of rotatable bonds is 4. The maximum absolute atomic E-state index is 13.2. The number of hydrogen-bond donors (Lipinski definition) is 4. The highest BCUT2D eigenvalue weighted by Gasteiger charge is 2.17. The van der Waals surface area contributed by atoms with Gasteiger partial charge in [-0.05, 0) is 48.0 Å². The van der Waals surface area contributed by atoms with Gasteiger partial charge >= 0.3 is 6.03 Å². The van der Waals surface area contributed by atoms with Gasteiger partial charge in [-0.2, -0.15) is 0 Å². The minimum absolute atomic E-state index is 0.267. The number of urea groups is 1. The van der Waals surface area contributed by atoms with Gasteiger partial charge in [0.2, 0.25) is 0 Å². The van der Waals surface area contributed by atoms with Crippen LogP contribution in [0.5, 0.6) is 0 Å². The van der Waals surface area contributed by atoms with E-state index in [0.717, 1.165) is 10.9 Å². The van der Waals surface area contributed by atoms with Crippen LogP contribution >= 0.6 is 0 Å². The van der Waals surface area contributed by atoms with Gasteiger partial charge < -0.3 is 21.4 Å². The number of nitrogens with two attached hydrogens (primary N) is 1. The molecule has 144 valence electrons. The second-order valence-corrected chi connectivity index (χ2v) is 6.31. The van der Waals surface area contributed by atoms with Crippen LogP contribution in [0.4, 0.5) is 20.6 Å². The summed E-state index contributed by atoms with van der Waals surface area (Å²) in [6, 6.07) is 15.6. The molecular weight excluding hydrogens is 373 g/mol. The minimum Gasteiger partial charge on any atom is -0.364 e. The molecule has 3 amide bonds. The van der Waals surface area contributed by atoms with E-state index in [1.807, 2.05) is 6.07 Å². The van der Waals surface area contributed by atoms with E-state index in [1.165, 1.54) is 18.2 Å². The van der Waals surface area contributed by atoms with Gasteiger partial charge in [-0.15, -0.1) is 0 Å². The van der Waals surface area contributed by atoms with Crippen LogP contribution in [0, 0.1) is 5.82 Å². The molecule has 7 nitrogen and oxygen atoms in total. The van der Waals surface area contributed by atoms with Gasteiger partial charge in [0.25, 0.3) is 5.91 Å². The normalized spacial score (nSPS) is 10.7. The zero-order valence-electron chi connectivity index (χ0n) is 15.1. The molecule has 2 heterocycles. The Morgan fingerprint density at radius 2 is 1.72 bits per heavy atom. The largest absolute Gasteiger partial charge is 0.364 e. The quantitative estimate of drug-likeness (QED) is 0.421. The molecule has 0 radical (unpaired) electrons. The Morgan fingerprint density at radius 1 is 0.966 bits per heavy atom. The van der Waals surface area contributed by atoms with Gasteiger partial charge in [0.1, 0.15) is 17.2 Å². The average Bonchev–Trinajstić information content (AvgIpc) is 3.08. The zero-order chi connectivity index (χ0) is 20.4. The Balaban J connectivity index is 1.57. The number of primary amides is 1. The molecule has 0 saturated carbocycles. The van der Waals surface area contributed by atoms with E-state index in [9.17, 15) is 14.0 Å². The van der Waals surface area contributed by atoms with E-state index in [-0.39, 0.29) is 5.69 Å². The van der Waals surface area contributed by atoms with Crippen molar-refractivity contribution < 1.29 is 14.0 Å². The Morgan fingerprint density at radius 3 is 2.45 bits per heavy atom. The van der Waals surface area contributed by atoms with Gasteiger partial charge in [0, 0.05) is 28.5 Å². The van der Waals surface area contributed by atoms with Crippen molar-refractivity contribution in [2.45, 2.75) is 0 Å². The third kappa shape index (κ3) is 3.77. The van der Waals surface area contributed by atoms with Crippen LogP contribution in [0.3, 0.4) is 0 Å². The van der Waals surface area contributed by atoms with Crippen molar-refractivity contribution in [1.29, 1.82) is 0 Å². The SMILES string of the molecule is NC(=O)c1[nH]c2ncccc2c1-c1ccc(NC(=O)Nc2cccc(F)c2)cc1. The number of aromatic nitrogens is 2. The minimum atomic E-state index is -0.588. The summed E-state index contributed by atoms with van der Waals surface area (Å²) < 4.78 is 13.2. The summed E-state index contributed by atoms with van der Waals surface area (Å²) in [4.78, 5) is 31.1. The summed E-state index contributed by atoms with van der Waals surface area (Å²) in [5, 5.41) is 6.00. The third-order valence-electron chi connectivity index (χ3n) is 4.33. The molecule has 29 heavy (non-hydrogen) atoms. The molecule has 2 aromatic carbocycles. The van der Waals surface area contributed by atoms with Crippen LogP contribution in [0.1, 0.15) is 10.5 Å². The number of halogens is 1. The topological polar surface area (TPSA) is 113 Å². The van der Waals surface area contributed by atoms with Crippen molar-refractivity contribution >= 4 is 34.3 Å². The van der Waals surface area contributed by atoms with E-state index >= 15 is 0 Å². The third-order valence-corrected chi connectivity index (χ3v) is 4.33. The molecule has 4 rings (SSSR count). The molecule has 4 aromatic rings. The lowest BCUT2D eigenvalue weighted by molar-refractivity contribution is 0.0997. The van der Waals surface area contributed by atoms with Crippen molar-refractivity contribution in [3.05, 3.63) is 78.4 Å². The first kappa shape index (κ1) is 18.2. The highest BCUT2D eigenvalue weighted by Crippen LogP contribution is 2.32. The maximum atomic E-state index is 13.2. The zero-order valence-corrected chi connectivity index (χ0v) is 15.1. The number of carbonyl (C=O) groups is 2. The fourth-order valence-electron chi connectivity index (χ4n) is 3.09. The summed E-state index contributed by atoms with van der Waals surface area (Å²) in [6.07, 6.45) is 1.62. The van der Waals surface area contributed by atoms with E-state index in [2.05, 4.69) is 20.6 Å². The van der Waals surface area contributed by atoms with Crippen LogP contribution in [-0.4, -0.2) is 21.9 Å². The lowest BCUT2D eigenvalue weighted by Crippen LogP contribution is -2.19. The Bertz CT molecular complexity index is 1220. The number of carbonyl (C=O) groups excluding carboxylic acids is 2. The molecule has 8 heteroatoms. The van der Waals surface area contributed by atoms with Crippen molar-refractivity contribution in [3.63, 3.8) is 0 Å². The van der Waals surface area contributed by atoms with Crippen LogP contribution in [0.15, 0.2) is 66.9 Å². The molecule has 0 fully saturated rings. The molecule has 0 spiro atoms. The molecule has 2 aromatic heterocycles. The van der Waals surface area contributed by atoms with E-state index < -0.39 is 17.8 Å². The predicted molar refractivity (Wildman–Crippen MR) is 109 cm³/mol. The first-order chi connectivity index (χ1) is 14.0. The van der Waals surface area contributed by atoms with Gasteiger partial charge in [-0.1, -0.05) is 18.2 Å². The van der Waals surface area contributed by atoms with Crippen LogP contribution in [0.25, 0.3) is 22.2 Å². The number of aromatic amines is 1. The summed E-state index contributed by atoms with van der Waals surface area (Å²) in [5.41, 5.74) is 8.60. The average molecular weight is 389 g/mol. The Labute approximate surface area is 164 Å². The monoisotopic (exact) mass is 389 g/mol. The van der Waals surface area contributed by atoms with Gasteiger partial charge in [0.15, 0.2) is 0 Å².